The van der Waals surface area contributed by atoms with Crippen LogP contribution < -0.4 is 5.32 Å². The van der Waals surface area contributed by atoms with E-state index in [1.54, 1.807) is 6.92 Å². The molecule has 1 saturated heterocycles. The summed E-state index contributed by atoms with van der Waals surface area (Å²) in [6.45, 7) is 13.2. The predicted octanol–water partition coefficient (Wildman–Crippen LogP) is 3.35. The van der Waals surface area contributed by atoms with Gasteiger partial charge in [-0.2, -0.15) is 0 Å². The van der Waals surface area contributed by atoms with Crippen LogP contribution in [-0.4, -0.2) is 29.9 Å². The maximum absolute atomic E-state index is 11.6. The molecule has 22 heavy (non-hydrogen) atoms. The molecule has 1 amide bonds. The van der Waals surface area contributed by atoms with Gasteiger partial charge in [0, 0.05) is 32.6 Å². The van der Waals surface area contributed by atoms with E-state index < -0.39 is 0 Å². The molecule has 1 aromatic rings. The molecule has 1 aliphatic heterocycles. The second kappa shape index (κ2) is 7.28. The van der Waals surface area contributed by atoms with Crippen molar-refractivity contribution in [2.75, 3.05) is 13.1 Å². The van der Waals surface area contributed by atoms with Crippen molar-refractivity contribution in [1.82, 2.24) is 10.2 Å². The van der Waals surface area contributed by atoms with Crippen molar-refractivity contribution in [2.24, 2.45) is 5.92 Å². The highest BCUT2D eigenvalue weighted by molar-refractivity contribution is 5.73. The minimum absolute atomic E-state index is 0.210. The smallest absolute Gasteiger partial charge is 0.219 e. The number of hydrogen-bond acceptors (Lipinski definition) is 2. The highest BCUT2D eigenvalue weighted by atomic mass is 16.2. The first kappa shape index (κ1) is 17.0. The lowest BCUT2D eigenvalue weighted by atomic mass is 9.89. The molecule has 1 N–H and O–H groups in total. The van der Waals surface area contributed by atoms with E-state index in [2.05, 4.69) is 45.1 Å². The number of hydrogen-bond donors (Lipinski definition) is 1. The minimum atomic E-state index is 0.210. The van der Waals surface area contributed by atoms with Crippen molar-refractivity contribution < 1.29 is 4.79 Å². The van der Waals surface area contributed by atoms with Crippen molar-refractivity contribution >= 4 is 5.91 Å². The second-order valence-electron chi connectivity index (χ2n) is 6.77. The molecular formula is C19H30N2O. The number of carbonyl (C=O) groups is 1. The molecule has 0 radical (unpaired) electrons. The lowest BCUT2D eigenvalue weighted by molar-refractivity contribution is -0.131. The summed E-state index contributed by atoms with van der Waals surface area (Å²) in [4.78, 5) is 13.6. The maximum atomic E-state index is 11.6. The third-order valence-corrected chi connectivity index (χ3v) is 5.21. The summed E-state index contributed by atoms with van der Waals surface area (Å²) in [5.41, 5.74) is 5.49. The standard InChI is InChI=1S/C19H30N2O/c1-6-17-12-21(16(5)22)8-7-19(17)20-11-18-10-14(3)13(2)9-15(18)4/h9-10,17,19-20H,6-8,11-12H2,1-5H3/t17-,19+/m1/s1. The Morgan fingerprint density at radius 2 is 1.91 bits per heavy atom. The molecule has 0 aromatic heterocycles. The molecule has 0 unspecified atom stereocenters. The summed E-state index contributed by atoms with van der Waals surface area (Å²) < 4.78 is 0. The van der Waals surface area contributed by atoms with Gasteiger partial charge < -0.3 is 10.2 Å². The fraction of sp³-hybridized carbons (Fsp3) is 0.632. The molecule has 0 spiro atoms. The first-order chi connectivity index (χ1) is 10.4. The van der Waals surface area contributed by atoms with Crippen LogP contribution in [0.5, 0.6) is 0 Å². The molecule has 1 aromatic carbocycles. The molecule has 3 heteroatoms. The Bertz CT molecular complexity index is 538. The summed E-state index contributed by atoms with van der Waals surface area (Å²) in [6, 6.07) is 5.10. The van der Waals surface area contributed by atoms with E-state index in [1.165, 1.54) is 22.3 Å². The third-order valence-electron chi connectivity index (χ3n) is 5.21. The SMILES string of the molecule is CC[C@@H]1CN(C(C)=O)CC[C@@H]1NCc1cc(C)c(C)cc1C. The first-order valence-electron chi connectivity index (χ1n) is 8.48. The lowest BCUT2D eigenvalue weighted by Gasteiger charge is -2.38. The van der Waals surface area contributed by atoms with Gasteiger partial charge in [-0.25, -0.2) is 0 Å². The Morgan fingerprint density at radius 3 is 2.55 bits per heavy atom. The Morgan fingerprint density at radius 1 is 1.23 bits per heavy atom. The van der Waals surface area contributed by atoms with E-state index in [9.17, 15) is 4.79 Å². The van der Waals surface area contributed by atoms with Crippen molar-refractivity contribution in [3.05, 3.63) is 34.4 Å². The number of nitrogens with one attached hydrogen (secondary N) is 1. The third kappa shape index (κ3) is 3.89. The average molecular weight is 302 g/mol. The molecule has 1 heterocycles. The highest BCUT2D eigenvalue weighted by Crippen LogP contribution is 2.22. The molecule has 0 bridgehead atoms. The van der Waals surface area contributed by atoms with Crippen molar-refractivity contribution in [1.29, 1.82) is 0 Å². The average Bonchev–Trinajstić information content (AvgIpc) is 2.49. The van der Waals surface area contributed by atoms with Crippen LogP contribution in [-0.2, 0) is 11.3 Å². The number of carbonyl (C=O) groups excluding carboxylic acids is 1. The topological polar surface area (TPSA) is 32.3 Å². The van der Waals surface area contributed by atoms with Crippen LogP contribution in [0.25, 0.3) is 0 Å². The van der Waals surface area contributed by atoms with E-state index in [4.69, 9.17) is 0 Å². The Hall–Kier alpha value is -1.35. The molecule has 2 rings (SSSR count). The van der Waals surface area contributed by atoms with E-state index in [-0.39, 0.29) is 5.91 Å². The van der Waals surface area contributed by atoms with Crippen molar-refractivity contribution in [3.8, 4) is 0 Å². The van der Waals surface area contributed by atoms with Gasteiger partial charge in [0.05, 0.1) is 0 Å². The zero-order valence-electron chi connectivity index (χ0n) is 14.7. The van der Waals surface area contributed by atoms with Gasteiger partial charge in [-0.05, 0) is 55.4 Å². The van der Waals surface area contributed by atoms with E-state index in [0.29, 0.717) is 12.0 Å². The zero-order valence-corrected chi connectivity index (χ0v) is 14.7. The largest absolute Gasteiger partial charge is 0.343 e. The number of benzene rings is 1. The quantitative estimate of drug-likeness (QED) is 0.925. The monoisotopic (exact) mass is 302 g/mol. The van der Waals surface area contributed by atoms with Crippen molar-refractivity contribution in [2.45, 2.75) is 60.0 Å². The first-order valence-corrected chi connectivity index (χ1v) is 8.48. The van der Waals surface area contributed by atoms with Crippen LogP contribution in [0.15, 0.2) is 12.1 Å². The van der Waals surface area contributed by atoms with Gasteiger partial charge in [-0.15, -0.1) is 0 Å². The fourth-order valence-corrected chi connectivity index (χ4v) is 3.45. The Kier molecular flexibility index (Phi) is 5.63. The number of nitrogens with zero attached hydrogens (tertiary/aromatic N) is 1. The molecular weight excluding hydrogens is 272 g/mol. The summed E-state index contributed by atoms with van der Waals surface area (Å²) in [6.07, 6.45) is 2.18. The van der Waals surface area contributed by atoms with Crippen LogP contribution >= 0.6 is 0 Å². The van der Waals surface area contributed by atoms with Gasteiger partial charge >= 0.3 is 0 Å². The molecule has 0 aliphatic carbocycles. The summed E-state index contributed by atoms with van der Waals surface area (Å²) in [5, 5.41) is 3.75. The number of likely N-dealkylation sites (tertiary alicyclic amines) is 1. The van der Waals surface area contributed by atoms with Gasteiger partial charge in [0.25, 0.3) is 0 Å². The summed E-state index contributed by atoms with van der Waals surface area (Å²) in [5.74, 6) is 0.770. The van der Waals surface area contributed by atoms with Crippen LogP contribution in [0.2, 0.25) is 0 Å². The van der Waals surface area contributed by atoms with Gasteiger partial charge in [-0.3, -0.25) is 4.79 Å². The van der Waals surface area contributed by atoms with Crippen LogP contribution in [0, 0.1) is 26.7 Å². The van der Waals surface area contributed by atoms with Crippen LogP contribution in [0.1, 0.15) is 48.9 Å². The van der Waals surface area contributed by atoms with Gasteiger partial charge in [0.1, 0.15) is 0 Å². The molecule has 1 aliphatic rings. The molecule has 2 atom stereocenters. The summed E-state index contributed by atoms with van der Waals surface area (Å²) >= 11 is 0. The molecule has 1 fully saturated rings. The lowest BCUT2D eigenvalue weighted by Crippen LogP contribution is -2.50. The van der Waals surface area contributed by atoms with Crippen molar-refractivity contribution in [3.63, 3.8) is 0 Å². The van der Waals surface area contributed by atoms with E-state index >= 15 is 0 Å². The zero-order chi connectivity index (χ0) is 16.3. The van der Waals surface area contributed by atoms with Gasteiger partial charge in [0.15, 0.2) is 0 Å². The normalized spacial score (nSPS) is 22.0. The minimum Gasteiger partial charge on any atom is -0.343 e. The molecule has 3 nitrogen and oxygen atoms in total. The maximum Gasteiger partial charge on any atom is 0.219 e. The fourth-order valence-electron chi connectivity index (χ4n) is 3.45. The summed E-state index contributed by atoms with van der Waals surface area (Å²) in [7, 11) is 0. The van der Waals surface area contributed by atoms with Gasteiger partial charge in [-0.1, -0.05) is 25.5 Å². The number of amides is 1. The predicted molar refractivity (Wildman–Crippen MR) is 91.9 cm³/mol. The van der Waals surface area contributed by atoms with E-state index in [0.717, 1.165) is 32.5 Å². The Balaban J connectivity index is 1.99. The van der Waals surface area contributed by atoms with Crippen LogP contribution in [0.4, 0.5) is 0 Å². The number of aryl methyl sites for hydroxylation is 3. The number of rotatable bonds is 4. The highest BCUT2D eigenvalue weighted by Gasteiger charge is 2.28. The molecule has 0 saturated carbocycles. The Labute approximate surface area is 135 Å². The number of piperidine rings is 1. The molecule has 122 valence electrons. The van der Waals surface area contributed by atoms with E-state index in [1.807, 2.05) is 4.90 Å². The van der Waals surface area contributed by atoms with Gasteiger partial charge in [0.2, 0.25) is 5.91 Å². The second-order valence-corrected chi connectivity index (χ2v) is 6.77. The van der Waals surface area contributed by atoms with Crippen LogP contribution in [0.3, 0.4) is 0 Å².